The maximum Gasteiger partial charge on any atom is 0.350 e. The lowest BCUT2D eigenvalue weighted by atomic mass is 9.94. The number of aromatic nitrogens is 5. The number of carbonyl (C=O) groups is 2. The van der Waals surface area contributed by atoms with E-state index in [9.17, 15) is 14.0 Å². The van der Waals surface area contributed by atoms with Crippen LogP contribution in [0.2, 0.25) is 0 Å². The van der Waals surface area contributed by atoms with Crippen LogP contribution in [0, 0.1) is 5.82 Å². The minimum absolute atomic E-state index is 0.0505. The molecule has 13 heteroatoms. The second-order valence-electron chi connectivity index (χ2n) is 10.9. The van der Waals surface area contributed by atoms with Crippen molar-refractivity contribution in [3.05, 3.63) is 82.2 Å². The van der Waals surface area contributed by atoms with Crippen molar-refractivity contribution in [2.24, 2.45) is 0 Å². The number of ether oxygens (including phenoxy) is 4. The third-order valence-corrected chi connectivity index (χ3v) is 8.33. The number of rotatable bonds is 11. The number of fused-ring (bicyclic) bond motifs is 2. The Morgan fingerprint density at radius 3 is 2.48 bits per heavy atom. The average Bonchev–Trinajstić information content (AvgIpc) is 3.65. The lowest BCUT2D eigenvalue weighted by molar-refractivity contribution is -0.192. The van der Waals surface area contributed by atoms with Crippen LogP contribution in [-0.4, -0.2) is 62.1 Å². The van der Waals surface area contributed by atoms with E-state index in [0.717, 1.165) is 24.6 Å². The zero-order valence-corrected chi connectivity index (χ0v) is 27.0. The largest absolute Gasteiger partial charge is 0.463 e. The maximum absolute atomic E-state index is 14.6. The summed E-state index contributed by atoms with van der Waals surface area (Å²) in [4.78, 5) is 27.0. The van der Waals surface area contributed by atoms with E-state index in [0.29, 0.717) is 39.1 Å². The van der Waals surface area contributed by atoms with E-state index in [1.165, 1.54) is 6.07 Å². The van der Waals surface area contributed by atoms with Gasteiger partial charge in [-0.3, -0.25) is 0 Å². The van der Waals surface area contributed by atoms with E-state index in [-0.39, 0.29) is 38.0 Å². The van der Waals surface area contributed by atoms with Crippen molar-refractivity contribution in [2.75, 3.05) is 19.8 Å². The van der Waals surface area contributed by atoms with Gasteiger partial charge >= 0.3 is 11.9 Å². The van der Waals surface area contributed by atoms with Crippen LogP contribution < -0.4 is 0 Å². The van der Waals surface area contributed by atoms with Crippen LogP contribution in [-0.2, 0) is 41.6 Å². The first-order valence-corrected chi connectivity index (χ1v) is 16.0. The van der Waals surface area contributed by atoms with Gasteiger partial charge in [0.25, 0.3) is 5.60 Å². The van der Waals surface area contributed by atoms with Crippen molar-refractivity contribution >= 4 is 49.8 Å². The molecule has 1 atom stereocenters. The van der Waals surface area contributed by atoms with Crippen molar-refractivity contribution in [1.82, 2.24) is 24.8 Å². The molecule has 240 valence electrons. The summed E-state index contributed by atoms with van der Waals surface area (Å²) in [7, 11) is 0. The molecule has 0 spiro atoms. The van der Waals surface area contributed by atoms with Gasteiger partial charge in [0, 0.05) is 22.9 Å². The molecular formula is C33H33BrFN5O6. The van der Waals surface area contributed by atoms with Crippen LogP contribution in [0.3, 0.4) is 0 Å². The first-order chi connectivity index (χ1) is 22.3. The fourth-order valence-electron chi connectivity index (χ4n) is 5.67. The third kappa shape index (κ3) is 6.14. The first-order valence-electron chi connectivity index (χ1n) is 15.2. The van der Waals surface area contributed by atoms with Crippen molar-refractivity contribution < 1.29 is 32.9 Å². The Morgan fingerprint density at radius 2 is 1.78 bits per heavy atom. The summed E-state index contributed by atoms with van der Waals surface area (Å²) in [6, 6.07) is 17.7. The summed E-state index contributed by atoms with van der Waals surface area (Å²) < 4.78 is 41.7. The fraction of sp³-hybridized carbons (Fsp3) is 0.364. The smallest absolute Gasteiger partial charge is 0.350 e. The highest BCUT2D eigenvalue weighted by Gasteiger charge is 2.51. The molecule has 1 fully saturated rings. The van der Waals surface area contributed by atoms with Gasteiger partial charge in [-0.25, -0.2) is 23.3 Å². The molecule has 1 aliphatic rings. The topological polar surface area (TPSA) is 120 Å². The summed E-state index contributed by atoms with van der Waals surface area (Å²) in [6.07, 6.45) is 2.22. The van der Waals surface area contributed by atoms with Gasteiger partial charge < -0.3 is 18.9 Å². The number of hydrogen-bond acceptors (Lipinski definition) is 9. The molecule has 3 heterocycles. The minimum Gasteiger partial charge on any atom is -0.463 e. The molecule has 0 N–H and O–H groups in total. The van der Waals surface area contributed by atoms with Crippen molar-refractivity contribution in [2.45, 2.75) is 58.0 Å². The van der Waals surface area contributed by atoms with Crippen LogP contribution in [0.15, 0.2) is 65.1 Å². The molecule has 46 heavy (non-hydrogen) atoms. The lowest BCUT2D eigenvalue weighted by Crippen LogP contribution is -2.53. The van der Waals surface area contributed by atoms with E-state index in [1.807, 2.05) is 36.4 Å². The van der Waals surface area contributed by atoms with E-state index < -0.39 is 23.4 Å². The number of benzene rings is 3. The maximum atomic E-state index is 14.6. The van der Waals surface area contributed by atoms with E-state index in [1.54, 1.807) is 41.4 Å². The molecule has 0 saturated carbocycles. The first kappa shape index (κ1) is 31.8. The Kier molecular flexibility index (Phi) is 9.43. The molecule has 2 aromatic heterocycles. The van der Waals surface area contributed by atoms with E-state index >= 15 is 0 Å². The number of halogens is 2. The predicted molar refractivity (Wildman–Crippen MR) is 170 cm³/mol. The molecule has 0 amide bonds. The van der Waals surface area contributed by atoms with Crippen LogP contribution in [0.5, 0.6) is 0 Å². The molecule has 5 aromatic rings. The Morgan fingerprint density at radius 1 is 1.02 bits per heavy atom. The summed E-state index contributed by atoms with van der Waals surface area (Å²) in [5.41, 5.74) is 1.10. The second kappa shape index (κ2) is 13.7. The zero-order valence-electron chi connectivity index (χ0n) is 25.4. The van der Waals surface area contributed by atoms with Gasteiger partial charge in [-0.15, -0.1) is 5.10 Å². The highest BCUT2D eigenvalue weighted by molar-refractivity contribution is 9.10. The summed E-state index contributed by atoms with van der Waals surface area (Å²) in [6.45, 7) is 3.82. The Hall–Kier alpha value is -4.20. The molecule has 1 unspecified atom stereocenters. The lowest BCUT2D eigenvalue weighted by Gasteiger charge is -2.29. The molecule has 11 nitrogen and oxygen atoms in total. The van der Waals surface area contributed by atoms with E-state index in [2.05, 4.69) is 26.2 Å². The van der Waals surface area contributed by atoms with Crippen LogP contribution >= 0.6 is 15.9 Å². The van der Waals surface area contributed by atoms with Gasteiger partial charge in [0.05, 0.1) is 42.2 Å². The van der Waals surface area contributed by atoms with E-state index in [4.69, 9.17) is 24.0 Å². The molecule has 1 aliphatic heterocycles. The monoisotopic (exact) mass is 693 g/mol. The average molecular weight is 695 g/mol. The molecule has 6 rings (SSSR count). The van der Waals surface area contributed by atoms with Crippen LogP contribution in [0.1, 0.15) is 50.6 Å². The molecule has 0 bridgehead atoms. The zero-order chi connectivity index (χ0) is 32.3. The van der Waals surface area contributed by atoms with Crippen LogP contribution in [0.25, 0.3) is 27.6 Å². The molecular weight excluding hydrogens is 661 g/mol. The van der Waals surface area contributed by atoms with Crippen molar-refractivity contribution in [3.63, 3.8) is 0 Å². The van der Waals surface area contributed by atoms with Gasteiger partial charge in [0.1, 0.15) is 5.52 Å². The van der Waals surface area contributed by atoms with Gasteiger partial charge in [-0.1, -0.05) is 51.5 Å². The molecule has 1 saturated heterocycles. The predicted octanol–water partition coefficient (Wildman–Crippen LogP) is 6.00. The summed E-state index contributed by atoms with van der Waals surface area (Å²) in [5, 5.41) is 13.9. The third-order valence-electron chi connectivity index (χ3n) is 7.87. The normalized spacial score (nSPS) is 15.3. The highest BCUT2D eigenvalue weighted by atomic mass is 79.9. The Labute approximate surface area is 272 Å². The molecule has 0 aliphatic carbocycles. The van der Waals surface area contributed by atoms with Gasteiger partial charge in [-0.05, 0) is 69.0 Å². The van der Waals surface area contributed by atoms with Crippen molar-refractivity contribution in [3.8, 4) is 5.69 Å². The number of hydrogen-bond donors (Lipinski definition) is 0. The highest BCUT2D eigenvalue weighted by Crippen LogP contribution is 2.33. The number of carbonyl (C=O) groups excluding carboxylic acids is 2. The second-order valence-corrected chi connectivity index (χ2v) is 11.8. The number of esters is 2. The molecule has 3 aromatic carbocycles. The van der Waals surface area contributed by atoms with Gasteiger partial charge in [-0.2, -0.15) is 5.10 Å². The Bertz CT molecular complexity index is 1850. The van der Waals surface area contributed by atoms with Gasteiger partial charge in [0.2, 0.25) is 0 Å². The summed E-state index contributed by atoms with van der Waals surface area (Å²) in [5.74, 6) is -2.16. The minimum atomic E-state index is -2.07. The SMILES string of the molecule is CCOC(=O)C(Cc1ccccc1)(OCc1nn(C2CCCCO2)c2cc(-n3nnc4c(F)cc(Br)cc43)ccc12)C(=O)OCC. The Balaban J connectivity index is 1.43. The van der Waals surface area contributed by atoms with Crippen LogP contribution in [0.4, 0.5) is 4.39 Å². The summed E-state index contributed by atoms with van der Waals surface area (Å²) >= 11 is 3.36. The standard InChI is InChI=1S/C33H33BrFN5O6/c1-3-43-31(41)33(32(42)44-4-2,19-21-10-6-5-7-11-21)46-20-26-24-14-13-23(18-27(24)40(37-26)29-12-8-9-15-45-29)39-28-17-22(34)16-25(35)30(28)36-38-39/h5-7,10-11,13-14,16-18,29H,3-4,8-9,12,15,19-20H2,1-2H3. The van der Waals surface area contributed by atoms with Gasteiger partial charge in [0.15, 0.2) is 12.0 Å². The molecule has 0 radical (unpaired) electrons. The van der Waals surface area contributed by atoms with Crippen molar-refractivity contribution in [1.29, 1.82) is 0 Å². The number of nitrogens with zero attached hydrogens (tertiary/aromatic N) is 5. The quantitative estimate of drug-likeness (QED) is 0.121. The fourth-order valence-corrected chi connectivity index (χ4v) is 6.09.